The van der Waals surface area contributed by atoms with Gasteiger partial charge in [0.1, 0.15) is 0 Å². The number of phosphoric acid groups is 1. The first-order chi connectivity index (χ1) is 2.00. The average molecular weight is 237 g/mol. The number of hydrogen-bond donors (Lipinski definition) is 3. The van der Waals surface area contributed by atoms with E-state index in [-0.39, 0.29) is 35.6 Å². The van der Waals surface area contributed by atoms with Gasteiger partial charge in [-0.15, -0.1) is 0 Å². The normalized spacial score (nSPS) is 9.83. The molecule has 0 rings (SSSR count). The molecule has 6 heteroatoms. The summed E-state index contributed by atoms with van der Waals surface area (Å²) in [6, 6.07) is 0. The van der Waals surface area contributed by atoms with Gasteiger partial charge >= 0.3 is 7.82 Å². The standard InChI is InChI=1S/La.H3O4P/c;1-5(2,3)4/h;(H3,1,2,3,4). The number of hydrogen-bond acceptors (Lipinski definition) is 1. The molecule has 0 aromatic heterocycles. The first-order valence-corrected chi connectivity index (χ1v) is 2.35. The Kier molecular flexibility index (Phi) is 5.72. The van der Waals surface area contributed by atoms with Crippen molar-refractivity contribution >= 4 is 7.82 Å². The van der Waals surface area contributed by atoms with Crippen LogP contribution in [0.5, 0.6) is 0 Å². The Labute approximate surface area is 62.4 Å². The van der Waals surface area contributed by atoms with E-state index >= 15 is 0 Å². The molecule has 0 aliphatic rings. The molecule has 0 fully saturated rings. The minimum absolute atomic E-state index is 0. The maximum atomic E-state index is 8.88. The molecule has 0 unspecified atom stereocenters. The summed E-state index contributed by atoms with van der Waals surface area (Å²) in [5, 5.41) is 0. The fraction of sp³-hybridized carbons (Fsp3) is 0. The Balaban J connectivity index is 0. The summed E-state index contributed by atoms with van der Waals surface area (Å²) in [6.45, 7) is 0. The summed E-state index contributed by atoms with van der Waals surface area (Å²) < 4.78 is 8.88. The van der Waals surface area contributed by atoms with Crippen LogP contribution in [0, 0.1) is 35.6 Å². The molecule has 0 aromatic rings. The first-order valence-electron chi connectivity index (χ1n) is 0.783. The zero-order chi connectivity index (χ0) is 4.50. The van der Waals surface area contributed by atoms with Crippen LogP contribution in [-0.4, -0.2) is 14.7 Å². The molecular weight excluding hydrogens is 234 g/mol. The molecule has 0 saturated heterocycles. The largest absolute Gasteiger partial charge is 0.466 e. The Bertz CT molecular complexity index is 53.7. The van der Waals surface area contributed by atoms with Gasteiger partial charge in [-0.3, -0.25) is 0 Å². The third kappa shape index (κ3) is 57.7. The molecule has 0 aliphatic carbocycles. The fourth-order valence-electron chi connectivity index (χ4n) is 0. The zero-order valence-corrected chi connectivity index (χ0v) is 7.29. The van der Waals surface area contributed by atoms with Gasteiger partial charge in [-0.2, -0.15) is 0 Å². The van der Waals surface area contributed by atoms with Crippen LogP contribution in [0.25, 0.3) is 0 Å². The topological polar surface area (TPSA) is 77.8 Å². The fourth-order valence-corrected chi connectivity index (χ4v) is 0. The van der Waals surface area contributed by atoms with Gasteiger partial charge < -0.3 is 14.7 Å². The predicted molar refractivity (Wildman–Crippen MR) is 14.3 cm³/mol. The predicted octanol–water partition coefficient (Wildman–Crippen LogP) is -0.929. The summed E-state index contributed by atoms with van der Waals surface area (Å²) in [5.74, 6) is 0. The van der Waals surface area contributed by atoms with Crippen molar-refractivity contribution in [2.24, 2.45) is 0 Å². The van der Waals surface area contributed by atoms with Crippen LogP contribution >= 0.6 is 7.82 Å². The summed E-state index contributed by atoms with van der Waals surface area (Å²) in [6.07, 6.45) is 0. The van der Waals surface area contributed by atoms with Crippen molar-refractivity contribution in [3.8, 4) is 0 Å². The maximum absolute atomic E-state index is 8.88. The Morgan fingerprint density at radius 1 is 1.17 bits per heavy atom. The summed E-state index contributed by atoms with van der Waals surface area (Å²) in [5.41, 5.74) is 0. The molecule has 0 amide bonds. The van der Waals surface area contributed by atoms with E-state index in [0.717, 1.165) is 0 Å². The minimum atomic E-state index is -4.64. The van der Waals surface area contributed by atoms with E-state index in [9.17, 15) is 0 Å². The smallest absolute Gasteiger partial charge is 0.303 e. The third-order valence-corrected chi connectivity index (χ3v) is 0. The van der Waals surface area contributed by atoms with Gasteiger partial charge in [-0.1, -0.05) is 0 Å². The van der Waals surface area contributed by atoms with E-state index in [2.05, 4.69) is 0 Å². The van der Waals surface area contributed by atoms with Crippen LogP contribution in [0.3, 0.4) is 0 Å². The summed E-state index contributed by atoms with van der Waals surface area (Å²) >= 11 is 0. The van der Waals surface area contributed by atoms with Crippen molar-refractivity contribution in [1.82, 2.24) is 0 Å². The second-order valence-corrected chi connectivity index (χ2v) is 1.54. The SMILES string of the molecule is O=P(O)(O)O.[La]. The molecule has 3 N–H and O–H groups in total. The van der Waals surface area contributed by atoms with E-state index in [4.69, 9.17) is 19.2 Å². The van der Waals surface area contributed by atoms with Gasteiger partial charge in [-0.05, 0) is 0 Å². The van der Waals surface area contributed by atoms with Crippen molar-refractivity contribution in [3.05, 3.63) is 0 Å². The van der Waals surface area contributed by atoms with Crippen molar-refractivity contribution in [2.45, 2.75) is 0 Å². The van der Waals surface area contributed by atoms with E-state index in [1.165, 1.54) is 0 Å². The van der Waals surface area contributed by atoms with Crippen LogP contribution < -0.4 is 0 Å². The van der Waals surface area contributed by atoms with Crippen LogP contribution in [0.15, 0.2) is 0 Å². The van der Waals surface area contributed by atoms with Crippen molar-refractivity contribution in [3.63, 3.8) is 0 Å². The first kappa shape index (κ1) is 10.3. The molecule has 35 valence electrons. The van der Waals surface area contributed by atoms with E-state index in [0.29, 0.717) is 0 Å². The Morgan fingerprint density at radius 2 is 1.17 bits per heavy atom. The van der Waals surface area contributed by atoms with Crippen LogP contribution in [0.2, 0.25) is 0 Å². The molecule has 4 nitrogen and oxygen atoms in total. The van der Waals surface area contributed by atoms with Crippen LogP contribution in [0.1, 0.15) is 0 Å². The molecule has 0 spiro atoms. The molecule has 0 saturated carbocycles. The Morgan fingerprint density at radius 3 is 1.17 bits per heavy atom. The second-order valence-electron chi connectivity index (χ2n) is 0.513. The minimum Gasteiger partial charge on any atom is -0.303 e. The summed E-state index contributed by atoms with van der Waals surface area (Å²) in [7, 11) is -4.64. The van der Waals surface area contributed by atoms with Crippen molar-refractivity contribution < 1.29 is 54.8 Å². The van der Waals surface area contributed by atoms with Crippen LogP contribution in [0.4, 0.5) is 0 Å². The molecule has 0 aliphatic heterocycles. The van der Waals surface area contributed by atoms with Crippen LogP contribution in [-0.2, 0) is 4.57 Å². The van der Waals surface area contributed by atoms with Gasteiger partial charge in [0.15, 0.2) is 0 Å². The zero-order valence-electron chi connectivity index (χ0n) is 2.77. The van der Waals surface area contributed by atoms with Crippen molar-refractivity contribution in [2.75, 3.05) is 0 Å². The van der Waals surface area contributed by atoms with Gasteiger partial charge in [0, 0.05) is 35.6 Å². The average Bonchev–Trinajstić information content (AvgIpc) is 0.722. The number of rotatable bonds is 0. The summed E-state index contributed by atoms with van der Waals surface area (Å²) in [4.78, 5) is 21.6. The molecule has 0 aromatic carbocycles. The van der Waals surface area contributed by atoms with Gasteiger partial charge in [0.25, 0.3) is 0 Å². The Hall–Kier alpha value is 1.30. The van der Waals surface area contributed by atoms with E-state index in [1.54, 1.807) is 0 Å². The van der Waals surface area contributed by atoms with Crippen molar-refractivity contribution in [1.29, 1.82) is 0 Å². The van der Waals surface area contributed by atoms with Gasteiger partial charge in [0.05, 0.1) is 0 Å². The second kappa shape index (κ2) is 3.33. The maximum Gasteiger partial charge on any atom is 0.466 e. The van der Waals surface area contributed by atoms with E-state index in [1.807, 2.05) is 0 Å². The molecule has 0 heterocycles. The molecule has 0 atom stereocenters. The molecular formula is H3LaO4P. The van der Waals surface area contributed by atoms with Gasteiger partial charge in [0.2, 0.25) is 0 Å². The third-order valence-electron chi connectivity index (χ3n) is 0. The van der Waals surface area contributed by atoms with Gasteiger partial charge in [-0.25, -0.2) is 4.57 Å². The van der Waals surface area contributed by atoms with E-state index < -0.39 is 7.82 Å². The molecule has 0 bridgehead atoms. The monoisotopic (exact) mass is 237 g/mol. The molecule has 1 radical (unpaired) electrons. The molecule has 6 heavy (non-hydrogen) atoms. The quantitative estimate of drug-likeness (QED) is 0.475.